The molecule has 6 nitrogen and oxygen atoms in total. The maximum absolute atomic E-state index is 11.2. The number of nitrogens with zero attached hydrogens (tertiary/aromatic N) is 3. The first-order valence-electron chi connectivity index (χ1n) is 7.65. The molecule has 6 heteroatoms. The zero-order valence-electron chi connectivity index (χ0n) is 13.1. The Balaban J connectivity index is 2.14. The number of para-hydroxylation sites is 1. The fourth-order valence-corrected chi connectivity index (χ4v) is 2.51. The molecule has 0 radical (unpaired) electrons. The first-order chi connectivity index (χ1) is 10.7. The van der Waals surface area contributed by atoms with E-state index in [1.54, 1.807) is 0 Å². The number of nitrogens with one attached hydrogen (secondary N) is 1. The second-order valence-electron chi connectivity index (χ2n) is 5.10. The maximum atomic E-state index is 11.2. The molecule has 22 heavy (non-hydrogen) atoms. The van der Waals surface area contributed by atoms with Crippen molar-refractivity contribution in [3.05, 3.63) is 40.6 Å². The predicted molar refractivity (Wildman–Crippen MR) is 89.3 cm³/mol. The van der Waals surface area contributed by atoms with Gasteiger partial charge in [0, 0.05) is 11.9 Å². The van der Waals surface area contributed by atoms with E-state index in [9.17, 15) is 10.1 Å². The number of aromatic nitrogens is 1. The van der Waals surface area contributed by atoms with Crippen LogP contribution in [-0.2, 0) is 0 Å². The third kappa shape index (κ3) is 3.71. The highest BCUT2D eigenvalue weighted by atomic mass is 16.6. The summed E-state index contributed by atoms with van der Waals surface area (Å²) in [6.45, 7) is 8.00. The molecule has 0 aliphatic rings. The van der Waals surface area contributed by atoms with Crippen molar-refractivity contribution in [2.45, 2.75) is 20.3 Å². The van der Waals surface area contributed by atoms with Crippen molar-refractivity contribution >= 4 is 22.3 Å². The van der Waals surface area contributed by atoms with Crippen LogP contribution in [0.3, 0.4) is 0 Å². The highest BCUT2D eigenvalue weighted by Gasteiger charge is 2.17. The van der Waals surface area contributed by atoms with Crippen LogP contribution in [0.1, 0.15) is 20.3 Å². The number of benzene rings is 1. The number of hydrogen-bond acceptors (Lipinski definition) is 5. The van der Waals surface area contributed by atoms with E-state index in [0.29, 0.717) is 12.2 Å². The van der Waals surface area contributed by atoms with Crippen LogP contribution in [-0.4, -0.2) is 41.0 Å². The van der Waals surface area contributed by atoms with Crippen molar-refractivity contribution in [3.8, 4) is 0 Å². The van der Waals surface area contributed by atoms with E-state index in [1.165, 1.54) is 6.20 Å². The molecule has 0 aliphatic carbocycles. The Morgan fingerprint density at radius 1 is 1.27 bits per heavy atom. The van der Waals surface area contributed by atoms with Gasteiger partial charge < -0.3 is 10.2 Å². The Hall–Kier alpha value is -2.21. The standard InChI is InChI=1S/C16H22N4O2/c1-3-19(4-2)11-7-10-17-16-13-8-5-6-9-14(13)18-12-15(16)20(21)22/h5-6,8-9,12H,3-4,7,10-11H2,1-2H3,(H,17,18). The minimum atomic E-state index is -0.383. The van der Waals surface area contributed by atoms with E-state index in [4.69, 9.17) is 0 Å². The normalized spacial score (nSPS) is 11.0. The third-order valence-corrected chi connectivity index (χ3v) is 3.80. The van der Waals surface area contributed by atoms with Crippen LogP contribution in [0.4, 0.5) is 11.4 Å². The summed E-state index contributed by atoms with van der Waals surface area (Å²) >= 11 is 0. The molecule has 0 atom stereocenters. The summed E-state index contributed by atoms with van der Waals surface area (Å²) in [5.74, 6) is 0. The molecule has 1 aromatic carbocycles. The molecule has 0 unspecified atom stereocenters. The van der Waals surface area contributed by atoms with Crippen molar-refractivity contribution in [3.63, 3.8) is 0 Å². The van der Waals surface area contributed by atoms with Gasteiger partial charge in [0.2, 0.25) is 0 Å². The fraction of sp³-hybridized carbons (Fsp3) is 0.438. The zero-order chi connectivity index (χ0) is 15.9. The fourth-order valence-electron chi connectivity index (χ4n) is 2.51. The number of nitro groups is 1. The van der Waals surface area contributed by atoms with Crippen molar-refractivity contribution < 1.29 is 4.92 Å². The summed E-state index contributed by atoms with van der Waals surface area (Å²) in [7, 11) is 0. The van der Waals surface area contributed by atoms with Gasteiger partial charge in [-0.1, -0.05) is 32.0 Å². The van der Waals surface area contributed by atoms with Gasteiger partial charge in [-0.15, -0.1) is 0 Å². The first kappa shape index (κ1) is 16.2. The SMILES string of the molecule is CCN(CC)CCCNc1c([N+](=O)[O-])cnc2ccccc12. The summed E-state index contributed by atoms with van der Waals surface area (Å²) in [5.41, 5.74) is 1.36. The monoisotopic (exact) mass is 302 g/mol. The molecule has 2 rings (SSSR count). The lowest BCUT2D eigenvalue weighted by molar-refractivity contribution is -0.384. The molecule has 1 heterocycles. The van der Waals surface area contributed by atoms with Gasteiger partial charge >= 0.3 is 5.69 Å². The molecule has 0 spiro atoms. The van der Waals surface area contributed by atoms with Crippen molar-refractivity contribution in [1.82, 2.24) is 9.88 Å². The van der Waals surface area contributed by atoms with E-state index >= 15 is 0 Å². The van der Waals surface area contributed by atoms with Crippen molar-refractivity contribution in [1.29, 1.82) is 0 Å². The summed E-state index contributed by atoms with van der Waals surface area (Å²) in [6.07, 6.45) is 2.27. The van der Waals surface area contributed by atoms with Crippen molar-refractivity contribution in [2.75, 3.05) is 31.5 Å². The minimum Gasteiger partial charge on any atom is -0.379 e. The highest BCUT2D eigenvalue weighted by molar-refractivity contribution is 5.95. The van der Waals surface area contributed by atoms with Gasteiger partial charge in [-0.25, -0.2) is 4.98 Å². The number of anilines is 1. The van der Waals surface area contributed by atoms with Gasteiger partial charge in [0.15, 0.2) is 0 Å². The molecule has 1 aromatic heterocycles. The number of pyridine rings is 1. The largest absolute Gasteiger partial charge is 0.379 e. The summed E-state index contributed by atoms with van der Waals surface area (Å²) in [5, 5.41) is 15.2. The van der Waals surface area contributed by atoms with Crippen molar-refractivity contribution in [2.24, 2.45) is 0 Å². The Labute approximate surface area is 130 Å². The number of fused-ring (bicyclic) bond motifs is 1. The van der Waals surface area contributed by atoms with Gasteiger partial charge in [-0.3, -0.25) is 10.1 Å². The molecular formula is C16H22N4O2. The summed E-state index contributed by atoms with van der Waals surface area (Å²) < 4.78 is 0. The molecule has 0 saturated heterocycles. The second kappa shape index (κ2) is 7.70. The van der Waals surface area contributed by atoms with Crippen LogP contribution < -0.4 is 5.32 Å². The maximum Gasteiger partial charge on any atom is 0.311 e. The lowest BCUT2D eigenvalue weighted by atomic mass is 10.1. The van der Waals surface area contributed by atoms with Gasteiger partial charge in [0.05, 0.1) is 10.4 Å². The Kier molecular flexibility index (Phi) is 5.66. The van der Waals surface area contributed by atoms with Crippen LogP contribution >= 0.6 is 0 Å². The average Bonchev–Trinajstić information content (AvgIpc) is 2.54. The molecule has 2 aromatic rings. The van der Waals surface area contributed by atoms with E-state index in [-0.39, 0.29) is 10.6 Å². The lowest BCUT2D eigenvalue weighted by Gasteiger charge is -2.18. The van der Waals surface area contributed by atoms with Gasteiger partial charge in [-0.05, 0) is 32.1 Å². The average molecular weight is 302 g/mol. The van der Waals surface area contributed by atoms with E-state index in [1.807, 2.05) is 24.3 Å². The zero-order valence-corrected chi connectivity index (χ0v) is 13.1. The van der Waals surface area contributed by atoms with Crippen LogP contribution in [0.2, 0.25) is 0 Å². The molecule has 0 amide bonds. The molecule has 1 N–H and O–H groups in total. The summed E-state index contributed by atoms with van der Waals surface area (Å²) in [6, 6.07) is 7.47. The molecule has 0 fully saturated rings. The van der Waals surface area contributed by atoms with E-state index < -0.39 is 0 Å². The second-order valence-corrected chi connectivity index (χ2v) is 5.10. The highest BCUT2D eigenvalue weighted by Crippen LogP contribution is 2.31. The van der Waals surface area contributed by atoms with E-state index in [2.05, 4.69) is 29.0 Å². The van der Waals surface area contributed by atoms with Gasteiger partial charge in [-0.2, -0.15) is 0 Å². The van der Waals surface area contributed by atoms with Crippen LogP contribution in [0.25, 0.3) is 10.9 Å². The summed E-state index contributed by atoms with van der Waals surface area (Å²) in [4.78, 5) is 17.3. The Bertz CT molecular complexity index is 641. The topological polar surface area (TPSA) is 71.3 Å². The van der Waals surface area contributed by atoms with E-state index in [0.717, 1.165) is 37.0 Å². The third-order valence-electron chi connectivity index (χ3n) is 3.80. The molecule has 0 bridgehead atoms. The number of rotatable bonds is 8. The molecular weight excluding hydrogens is 280 g/mol. The molecule has 118 valence electrons. The minimum absolute atomic E-state index is 0.0292. The number of hydrogen-bond donors (Lipinski definition) is 1. The van der Waals surface area contributed by atoms with Crippen LogP contribution in [0.15, 0.2) is 30.5 Å². The van der Waals surface area contributed by atoms with Crippen LogP contribution in [0.5, 0.6) is 0 Å². The van der Waals surface area contributed by atoms with Gasteiger partial charge in [0.1, 0.15) is 11.9 Å². The molecule has 0 saturated carbocycles. The van der Waals surface area contributed by atoms with Crippen LogP contribution in [0, 0.1) is 10.1 Å². The smallest absolute Gasteiger partial charge is 0.311 e. The Morgan fingerprint density at radius 2 is 2.00 bits per heavy atom. The first-order valence-corrected chi connectivity index (χ1v) is 7.65. The lowest BCUT2D eigenvalue weighted by Crippen LogP contribution is -2.25. The van der Waals surface area contributed by atoms with Gasteiger partial charge in [0.25, 0.3) is 0 Å². The Morgan fingerprint density at radius 3 is 2.68 bits per heavy atom. The quantitative estimate of drug-likeness (QED) is 0.460. The molecule has 0 aliphatic heterocycles. The predicted octanol–water partition coefficient (Wildman–Crippen LogP) is 3.29.